The Bertz CT molecular complexity index is 1300. The summed E-state index contributed by atoms with van der Waals surface area (Å²) in [7, 11) is 0. The minimum Gasteiger partial charge on any atom is -0.467 e. The van der Waals surface area contributed by atoms with E-state index < -0.39 is 0 Å². The summed E-state index contributed by atoms with van der Waals surface area (Å²) in [6, 6.07) is 20.1. The van der Waals surface area contributed by atoms with Crippen LogP contribution in [-0.2, 0) is 4.79 Å². The van der Waals surface area contributed by atoms with E-state index in [-0.39, 0.29) is 23.7 Å². The summed E-state index contributed by atoms with van der Waals surface area (Å²) in [5.74, 6) is 0.913. The molecule has 166 valence electrons. The van der Waals surface area contributed by atoms with Gasteiger partial charge >= 0.3 is 0 Å². The van der Waals surface area contributed by atoms with Crippen LogP contribution in [0.4, 0.5) is 4.39 Å². The fraction of sp³-hybridized carbons (Fsp3) is 0.231. The van der Waals surface area contributed by atoms with Crippen LogP contribution < -0.4 is 9.47 Å². The van der Waals surface area contributed by atoms with Gasteiger partial charge in [0.25, 0.3) is 5.19 Å². The van der Waals surface area contributed by atoms with E-state index in [0.717, 1.165) is 45.7 Å². The van der Waals surface area contributed by atoms with Crippen LogP contribution in [0.1, 0.15) is 29.9 Å². The summed E-state index contributed by atoms with van der Waals surface area (Å²) in [5, 5.41) is 0.549. The van der Waals surface area contributed by atoms with Crippen molar-refractivity contribution in [2.75, 3.05) is 13.1 Å². The van der Waals surface area contributed by atoms with Crippen LogP contribution in [-0.4, -0.2) is 35.0 Å². The first-order chi connectivity index (χ1) is 16.2. The van der Waals surface area contributed by atoms with E-state index in [1.165, 1.54) is 23.5 Å². The number of ether oxygens (including phenoxy) is 2. The SMILES string of the molecule is O=C(C1c2ccccc2Oc2ccccc21)N1CCC(Oc2nc3ccc(F)cc3s2)CC1. The summed E-state index contributed by atoms with van der Waals surface area (Å²) in [6.45, 7) is 1.23. The molecule has 1 amide bonds. The fourth-order valence-corrected chi connectivity index (χ4v) is 5.53. The van der Waals surface area contributed by atoms with Crippen molar-refractivity contribution in [1.29, 1.82) is 0 Å². The third-order valence-electron chi connectivity index (χ3n) is 6.28. The van der Waals surface area contributed by atoms with Gasteiger partial charge in [0.2, 0.25) is 5.91 Å². The minimum atomic E-state index is -0.372. The molecule has 0 spiro atoms. The maximum absolute atomic E-state index is 13.7. The van der Waals surface area contributed by atoms with E-state index in [1.54, 1.807) is 6.07 Å². The van der Waals surface area contributed by atoms with E-state index in [4.69, 9.17) is 9.47 Å². The van der Waals surface area contributed by atoms with E-state index in [0.29, 0.717) is 18.3 Å². The van der Waals surface area contributed by atoms with E-state index in [9.17, 15) is 9.18 Å². The van der Waals surface area contributed by atoms with Gasteiger partial charge in [0.05, 0.1) is 16.1 Å². The summed E-state index contributed by atoms with van der Waals surface area (Å²) >= 11 is 1.35. The molecule has 0 bridgehead atoms. The number of likely N-dealkylation sites (tertiary alicyclic amines) is 1. The van der Waals surface area contributed by atoms with Gasteiger partial charge in [-0.05, 0) is 30.3 Å². The molecule has 1 aromatic heterocycles. The molecular weight excluding hydrogens is 439 g/mol. The Morgan fingerprint density at radius 1 is 1.00 bits per heavy atom. The molecule has 0 aliphatic carbocycles. The number of benzene rings is 3. The average molecular weight is 461 g/mol. The topological polar surface area (TPSA) is 51.7 Å². The van der Waals surface area contributed by atoms with Crippen molar-refractivity contribution in [3.63, 3.8) is 0 Å². The largest absolute Gasteiger partial charge is 0.467 e. The Balaban J connectivity index is 1.18. The Kier molecular flexibility index (Phi) is 4.99. The zero-order valence-electron chi connectivity index (χ0n) is 17.7. The first-order valence-electron chi connectivity index (χ1n) is 11.0. The predicted molar refractivity (Wildman–Crippen MR) is 125 cm³/mol. The summed E-state index contributed by atoms with van der Waals surface area (Å²) in [5.41, 5.74) is 2.54. The maximum atomic E-state index is 13.7. The van der Waals surface area contributed by atoms with Gasteiger partial charge in [-0.3, -0.25) is 4.79 Å². The molecule has 0 N–H and O–H groups in total. The van der Waals surface area contributed by atoms with Crippen molar-refractivity contribution in [1.82, 2.24) is 9.88 Å². The number of halogens is 1. The zero-order chi connectivity index (χ0) is 22.4. The van der Waals surface area contributed by atoms with Crippen molar-refractivity contribution in [2.45, 2.75) is 24.9 Å². The minimum absolute atomic E-state index is 0.0197. The molecule has 3 aromatic carbocycles. The summed E-state index contributed by atoms with van der Waals surface area (Å²) in [6.07, 6.45) is 1.43. The highest BCUT2D eigenvalue weighted by Gasteiger charge is 2.36. The highest BCUT2D eigenvalue weighted by molar-refractivity contribution is 7.20. The number of carbonyl (C=O) groups is 1. The molecule has 7 heteroatoms. The van der Waals surface area contributed by atoms with Crippen molar-refractivity contribution in [3.05, 3.63) is 83.7 Å². The lowest BCUT2D eigenvalue weighted by Gasteiger charge is -2.36. The van der Waals surface area contributed by atoms with Crippen LogP contribution in [0.25, 0.3) is 10.2 Å². The third-order valence-corrected chi connectivity index (χ3v) is 7.19. The van der Waals surface area contributed by atoms with Gasteiger partial charge in [-0.2, -0.15) is 0 Å². The lowest BCUT2D eigenvalue weighted by atomic mass is 9.86. The Labute approximate surface area is 194 Å². The van der Waals surface area contributed by atoms with Crippen LogP contribution in [0.3, 0.4) is 0 Å². The first kappa shape index (κ1) is 20.2. The molecule has 2 aliphatic heterocycles. The van der Waals surface area contributed by atoms with Crippen molar-refractivity contribution in [3.8, 4) is 16.7 Å². The number of fused-ring (bicyclic) bond motifs is 3. The number of carbonyl (C=O) groups excluding carboxylic acids is 1. The van der Waals surface area contributed by atoms with Crippen LogP contribution in [0.5, 0.6) is 16.7 Å². The molecule has 5 nitrogen and oxygen atoms in total. The molecule has 1 fully saturated rings. The average Bonchev–Trinajstić information content (AvgIpc) is 3.24. The number of nitrogens with zero attached hydrogens (tertiary/aromatic N) is 2. The van der Waals surface area contributed by atoms with Crippen LogP contribution in [0.15, 0.2) is 66.7 Å². The highest BCUT2D eigenvalue weighted by atomic mass is 32.1. The van der Waals surface area contributed by atoms with Crippen LogP contribution in [0.2, 0.25) is 0 Å². The van der Waals surface area contributed by atoms with Gasteiger partial charge in [0.1, 0.15) is 23.4 Å². The second kappa shape index (κ2) is 8.15. The zero-order valence-corrected chi connectivity index (χ0v) is 18.6. The lowest BCUT2D eigenvalue weighted by molar-refractivity contribution is -0.133. The molecule has 0 unspecified atom stereocenters. The molecule has 0 radical (unpaired) electrons. The number of amides is 1. The number of hydrogen-bond donors (Lipinski definition) is 0. The van der Waals surface area contributed by atoms with Crippen molar-refractivity contribution in [2.24, 2.45) is 0 Å². The summed E-state index contributed by atoms with van der Waals surface area (Å²) in [4.78, 5) is 20.1. The van der Waals surface area contributed by atoms with Crippen molar-refractivity contribution >= 4 is 27.5 Å². The number of para-hydroxylation sites is 2. The fourth-order valence-electron chi connectivity index (χ4n) is 4.62. The lowest BCUT2D eigenvalue weighted by Crippen LogP contribution is -2.44. The monoisotopic (exact) mass is 460 g/mol. The van der Waals surface area contributed by atoms with Crippen LogP contribution in [0, 0.1) is 5.82 Å². The molecule has 3 heterocycles. The Hall–Kier alpha value is -3.45. The number of rotatable bonds is 3. The number of aromatic nitrogens is 1. The standard InChI is InChI=1S/C26H21FN2O3S/c27-16-9-10-20-23(15-16)33-26(28-20)31-17-11-13-29(14-12-17)25(30)24-18-5-1-3-7-21(18)32-22-8-4-2-6-19(22)24/h1-10,15,17,24H,11-14H2. The van der Waals surface area contributed by atoms with Gasteiger partial charge in [-0.15, -0.1) is 0 Å². The molecule has 2 aliphatic rings. The van der Waals surface area contributed by atoms with Gasteiger partial charge in [-0.1, -0.05) is 47.7 Å². The molecule has 33 heavy (non-hydrogen) atoms. The van der Waals surface area contributed by atoms with Gasteiger partial charge < -0.3 is 14.4 Å². The molecule has 0 atom stereocenters. The Morgan fingerprint density at radius 3 is 2.36 bits per heavy atom. The van der Waals surface area contributed by atoms with Gasteiger partial charge in [-0.25, -0.2) is 9.37 Å². The van der Waals surface area contributed by atoms with Crippen LogP contribution >= 0.6 is 11.3 Å². The highest BCUT2D eigenvalue weighted by Crippen LogP contribution is 2.45. The van der Waals surface area contributed by atoms with E-state index in [1.807, 2.05) is 53.4 Å². The smallest absolute Gasteiger partial charge is 0.274 e. The number of thiazole rings is 1. The molecule has 1 saturated heterocycles. The quantitative estimate of drug-likeness (QED) is 0.391. The molecule has 0 saturated carbocycles. The van der Waals surface area contributed by atoms with E-state index >= 15 is 0 Å². The van der Waals surface area contributed by atoms with Gasteiger partial charge in [0.15, 0.2) is 0 Å². The third kappa shape index (κ3) is 3.72. The number of piperidine rings is 1. The molecule has 6 rings (SSSR count). The second-order valence-electron chi connectivity index (χ2n) is 8.35. The van der Waals surface area contributed by atoms with Gasteiger partial charge in [0, 0.05) is 37.1 Å². The predicted octanol–water partition coefficient (Wildman–Crippen LogP) is 5.74. The second-order valence-corrected chi connectivity index (χ2v) is 9.34. The normalized spacial score (nSPS) is 16.2. The van der Waals surface area contributed by atoms with E-state index in [2.05, 4.69) is 4.98 Å². The molecule has 4 aromatic rings. The Morgan fingerprint density at radius 2 is 1.67 bits per heavy atom. The molecular formula is C26H21FN2O3S. The van der Waals surface area contributed by atoms with Crippen molar-refractivity contribution < 1.29 is 18.7 Å². The number of hydrogen-bond acceptors (Lipinski definition) is 5. The maximum Gasteiger partial charge on any atom is 0.274 e. The summed E-state index contributed by atoms with van der Waals surface area (Å²) < 4.78 is 26.4. The first-order valence-corrected chi connectivity index (χ1v) is 11.8.